The third kappa shape index (κ3) is 5.10. The Morgan fingerprint density at radius 1 is 1.21 bits per heavy atom. The molecule has 0 fully saturated rings. The molecule has 8 heteroatoms. The number of aromatic amines is 1. The smallest absolute Gasteiger partial charge is 0.330 e. The van der Waals surface area contributed by atoms with Gasteiger partial charge in [-0.25, -0.2) is 4.79 Å². The Balaban J connectivity index is 2.29. The van der Waals surface area contributed by atoms with Gasteiger partial charge in [-0.15, -0.1) is 0 Å². The summed E-state index contributed by atoms with van der Waals surface area (Å²) < 4.78 is 6.81. The highest BCUT2D eigenvalue weighted by Gasteiger charge is 2.25. The number of likely N-dealkylation sites (N-methyl/N-ethyl adjacent to an activating group) is 1. The molecule has 2 aromatic rings. The standard InChI is InChI=1S/C20H28N4O4/c1-13(2)10-11-28-14(3)19(26)23(4)16-17(21)24(20(27)22-18(16)25)12-15-8-6-5-7-9-15/h5-9,13-14H,10-12,21H2,1-4H3,(H,22,25,27). The second-order valence-corrected chi connectivity index (χ2v) is 7.16. The molecule has 152 valence electrons. The van der Waals surface area contributed by atoms with Gasteiger partial charge in [-0.05, 0) is 24.8 Å². The SMILES string of the molecule is CC(C)CCOC(C)C(=O)N(C)c1c(N)n(Cc2ccccc2)c(=O)[nH]c1=O. The number of nitrogens with zero attached hydrogens (tertiary/aromatic N) is 2. The first-order chi connectivity index (χ1) is 13.2. The molecule has 0 saturated heterocycles. The van der Waals surface area contributed by atoms with Gasteiger partial charge in [0.05, 0.1) is 6.54 Å². The van der Waals surface area contributed by atoms with E-state index in [2.05, 4.69) is 18.8 Å². The fourth-order valence-electron chi connectivity index (χ4n) is 2.76. The van der Waals surface area contributed by atoms with Gasteiger partial charge in [-0.3, -0.25) is 19.1 Å². The van der Waals surface area contributed by atoms with Crippen molar-refractivity contribution < 1.29 is 9.53 Å². The summed E-state index contributed by atoms with van der Waals surface area (Å²) >= 11 is 0. The fourth-order valence-corrected chi connectivity index (χ4v) is 2.76. The highest BCUT2D eigenvalue weighted by molar-refractivity contribution is 5.97. The molecular formula is C20H28N4O4. The monoisotopic (exact) mass is 388 g/mol. The molecule has 1 unspecified atom stereocenters. The van der Waals surface area contributed by atoms with Crippen molar-refractivity contribution in [3.05, 3.63) is 56.7 Å². The number of carbonyl (C=O) groups is 1. The topological polar surface area (TPSA) is 110 Å². The molecule has 28 heavy (non-hydrogen) atoms. The number of amides is 1. The van der Waals surface area contributed by atoms with Crippen LogP contribution < -0.4 is 21.9 Å². The molecule has 0 aliphatic rings. The lowest BCUT2D eigenvalue weighted by Gasteiger charge is -2.23. The number of hydrogen-bond acceptors (Lipinski definition) is 5. The molecule has 0 spiro atoms. The van der Waals surface area contributed by atoms with Gasteiger partial charge in [-0.2, -0.15) is 0 Å². The third-order valence-electron chi connectivity index (χ3n) is 4.47. The first-order valence-corrected chi connectivity index (χ1v) is 9.28. The predicted octanol–water partition coefficient (Wildman–Crippen LogP) is 1.58. The Hall–Kier alpha value is -2.87. The van der Waals surface area contributed by atoms with Crippen molar-refractivity contribution in [3.63, 3.8) is 0 Å². The van der Waals surface area contributed by atoms with E-state index in [1.807, 2.05) is 30.3 Å². The molecule has 0 aliphatic heterocycles. The average molecular weight is 388 g/mol. The van der Waals surface area contributed by atoms with Gasteiger partial charge in [-0.1, -0.05) is 44.2 Å². The summed E-state index contributed by atoms with van der Waals surface area (Å²) in [4.78, 5) is 40.7. The number of ether oxygens (including phenoxy) is 1. The highest BCUT2D eigenvalue weighted by atomic mass is 16.5. The summed E-state index contributed by atoms with van der Waals surface area (Å²) in [6.07, 6.45) is 0.0866. The van der Waals surface area contributed by atoms with E-state index < -0.39 is 23.3 Å². The van der Waals surface area contributed by atoms with E-state index in [0.29, 0.717) is 12.5 Å². The highest BCUT2D eigenvalue weighted by Crippen LogP contribution is 2.18. The van der Waals surface area contributed by atoms with Gasteiger partial charge in [0.2, 0.25) is 0 Å². The Morgan fingerprint density at radius 3 is 2.46 bits per heavy atom. The summed E-state index contributed by atoms with van der Waals surface area (Å²) in [5.74, 6) is -0.0197. The summed E-state index contributed by atoms with van der Waals surface area (Å²) in [5.41, 5.74) is 5.55. The van der Waals surface area contributed by atoms with Crippen LogP contribution in [0.15, 0.2) is 39.9 Å². The van der Waals surface area contributed by atoms with Crippen molar-refractivity contribution in [2.45, 2.75) is 39.8 Å². The van der Waals surface area contributed by atoms with Crippen molar-refractivity contribution in [2.75, 3.05) is 24.3 Å². The second kappa shape index (κ2) is 9.36. The van der Waals surface area contributed by atoms with E-state index in [0.717, 1.165) is 16.9 Å². The summed E-state index contributed by atoms with van der Waals surface area (Å²) in [5, 5.41) is 0. The van der Waals surface area contributed by atoms with E-state index in [9.17, 15) is 14.4 Å². The van der Waals surface area contributed by atoms with Crippen molar-refractivity contribution in [3.8, 4) is 0 Å². The van der Waals surface area contributed by atoms with Gasteiger partial charge in [0.25, 0.3) is 11.5 Å². The van der Waals surface area contributed by atoms with Gasteiger partial charge < -0.3 is 15.4 Å². The number of H-pyrrole nitrogens is 1. The van der Waals surface area contributed by atoms with Crippen molar-refractivity contribution in [2.24, 2.45) is 5.92 Å². The summed E-state index contributed by atoms with van der Waals surface area (Å²) in [7, 11) is 1.45. The van der Waals surface area contributed by atoms with E-state index in [-0.39, 0.29) is 18.1 Å². The number of anilines is 2. The Morgan fingerprint density at radius 2 is 1.86 bits per heavy atom. The normalized spacial score (nSPS) is 12.2. The lowest BCUT2D eigenvalue weighted by Crippen LogP contribution is -2.43. The van der Waals surface area contributed by atoms with Crippen molar-refractivity contribution in [1.82, 2.24) is 9.55 Å². The van der Waals surface area contributed by atoms with E-state index in [1.54, 1.807) is 6.92 Å². The molecule has 0 saturated carbocycles. The number of nitrogen functional groups attached to an aromatic ring is 1. The molecule has 0 bridgehead atoms. The van der Waals surface area contributed by atoms with Gasteiger partial charge in [0.1, 0.15) is 11.9 Å². The number of hydrogen-bond donors (Lipinski definition) is 2. The Kier molecular flexibility index (Phi) is 7.17. The Labute approximate surface area is 163 Å². The quantitative estimate of drug-likeness (QED) is 0.713. The lowest BCUT2D eigenvalue weighted by atomic mass is 10.1. The zero-order valence-corrected chi connectivity index (χ0v) is 16.8. The van der Waals surface area contributed by atoms with Crippen LogP contribution in [0.4, 0.5) is 11.5 Å². The number of carbonyl (C=O) groups excluding carboxylic acids is 1. The van der Waals surface area contributed by atoms with Crippen LogP contribution in [-0.2, 0) is 16.1 Å². The van der Waals surface area contributed by atoms with Crippen LogP contribution in [0.25, 0.3) is 0 Å². The van der Waals surface area contributed by atoms with Crippen LogP contribution in [0.5, 0.6) is 0 Å². The molecule has 1 atom stereocenters. The molecule has 1 aromatic carbocycles. The lowest BCUT2D eigenvalue weighted by molar-refractivity contribution is -0.128. The largest absolute Gasteiger partial charge is 0.383 e. The van der Waals surface area contributed by atoms with Crippen LogP contribution in [0.2, 0.25) is 0 Å². The maximum Gasteiger partial charge on any atom is 0.330 e. The van der Waals surface area contributed by atoms with Crippen LogP contribution >= 0.6 is 0 Å². The second-order valence-electron chi connectivity index (χ2n) is 7.16. The molecular weight excluding hydrogens is 360 g/mol. The Bertz CT molecular complexity index is 918. The predicted molar refractivity (Wildman–Crippen MR) is 110 cm³/mol. The zero-order chi connectivity index (χ0) is 20.8. The van der Waals surface area contributed by atoms with Crippen LogP contribution in [0.1, 0.15) is 32.8 Å². The number of nitrogens with one attached hydrogen (secondary N) is 1. The van der Waals surface area contributed by atoms with Crippen molar-refractivity contribution >= 4 is 17.4 Å². The zero-order valence-electron chi connectivity index (χ0n) is 16.8. The first kappa shape index (κ1) is 21.4. The number of aromatic nitrogens is 2. The third-order valence-corrected chi connectivity index (χ3v) is 4.47. The van der Waals surface area contributed by atoms with E-state index >= 15 is 0 Å². The molecule has 0 radical (unpaired) electrons. The minimum atomic E-state index is -0.739. The molecule has 1 heterocycles. The van der Waals surface area contributed by atoms with Crippen LogP contribution in [0, 0.1) is 5.92 Å². The van der Waals surface area contributed by atoms with Gasteiger partial charge in [0, 0.05) is 13.7 Å². The average Bonchev–Trinajstić information content (AvgIpc) is 2.64. The minimum Gasteiger partial charge on any atom is -0.383 e. The van der Waals surface area contributed by atoms with Gasteiger partial charge >= 0.3 is 5.69 Å². The molecule has 2 rings (SSSR count). The minimum absolute atomic E-state index is 0.0668. The molecule has 3 N–H and O–H groups in total. The number of rotatable bonds is 8. The first-order valence-electron chi connectivity index (χ1n) is 9.28. The summed E-state index contributed by atoms with van der Waals surface area (Å²) in [6, 6.07) is 9.23. The number of benzene rings is 1. The number of nitrogens with two attached hydrogens (primary N) is 1. The molecule has 1 aromatic heterocycles. The molecule has 0 aliphatic carbocycles. The van der Waals surface area contributed by atoms with Crippen molar-refractivity contribution in [1.29, 1.82) is 0 Å². The maximum absolute atomic E-state index is 12.7. The van der Waals surface area contributed by atoms with Crippen LogP contribution in [-0.4, -0.2) is 35.2 Å². The van der Waals surface area contributed by atoms with E-state index in [1.165, 1.54) is 11.6 Å². The van der Waals surface area contributed by atoms with Crippen LogP contribution in [0.3, 0.4) is 0 Å². The maximum atomic E-state index is 12.7. The molecule has 8 nitrogen and oxygen atoms in total. The fraction of sp³-hybridized carbons (Fsp3) is 0.450. The summed E-state index contributed by atoms with van der Waals surface area (Å²) in [6.45, 7) is 6.38. The van der Waals surface area contributed by atoms with Gasteiger partial charge in [0.15, 0.2) is 5.69 Å². The van der Waals surface area contributed by atoms with E-state index in [4.69, 9.17) is 10.5 Å². The molecule has 1 amide bonds.